The van der Waals surface area contributed by atoms with Crippen molar-refractivity contribution < 1.29 is 9.53 Å². The second-order valence-corrected chi connectivity index (χ2v) is 2.74. The van der Waals surface area contributed by atoms with Crippen LogP contribution in [0.5, 0.6) is 5.88 Å². The van der Waals surface area contributed by atoms with E-state index in [-0.39, 0.29) is 11.6 Å². The molecule has 0 aromatic carbocycles. The Kier molecular flexibility index (Phi) is 3.72. The molecule has 70 valence electrons. The molecule has 4 nitrogen and oxygen atoms in total. The normalized spacial score (nSPS) is 12.2. The molecule has 1 rings (SSSR count). The molecule has 1 aromatic rings. The summed E-state index contributed by atoms with van der Waals surface area (Å²) in [6.07, 6.45) is 1.54. The molecule has 0 bridgehead atoms. The van der Waals surface area contributed by atoms with Crippen molar-refractivity contribution in [3.8, 4) is 5.88 Å². The number of ether oxygens (including phenoxy) is 1. The Hall–Kier alpha value is -1.07. The maximum Gasteiger partial charge on any atom is 0.330 e. The summed E-state index contributed by atoms with van der Waals surface area (Å²) < 4.78 is 4.84. The molecule has 1 atom stereocenters. The molecule has 1 heterocycles. The number of hydrogen-bond acceptors (Lipinski definition) is 5. The lowest BCUT2D eigenvalue weighted by Gasteiger charge is -2.06. The Morgan fingerprint density at radius 2 is 2.46 bits per heavy atom. The van der Waals surface area contributed by atoms with E-state index in [1.165, 1.54) is 6.20 Å². The molecule has 0 aliphatic heterocycles. The smallest absolute Gasteiger partial charge is 0.330 e. The van der Waals surface area contributed by atoms with Crippen molar-refractivity contribution >= 4 is 18.6 Å². The number of hydrogen-bond donors (Lipinski definition) is 2. The van der Waals surface area contributed by atoms with Crippen molar-refractivity contribution in [2.24, 2.45) is 5.73 Å². The monoisotopic (exact) mass is 198 g/mol. The van der Waals surface area contributed by atoms with Gasteiger partial charge in [-0.3, -0.25) is 0 Å². The van der Waals surface area contributed by atoms with E-state index in [0.717, 1.165) is 0 Å². The number of thiol groups is 1. The second kappa shape index (κ2) is 4.84. The van der Waals surface area contributed by atoms with Gasteiger partial charge in [-0.15, -0.1) is 0 Å². The van der Waals surface area contributed by atoms with Gasteiger partial charge in [0.2, 0.25) is 5.88 Å². The van der Waals surface area contributed by atoms with Gasteiger partial charge in [-0.05, 0) is 6.07 Å². The van der Waals surface area contributed by atoms with Crippen molar-refractivity contribution in [3.05, 3.63) is 24.4 Å². The van der Waals surface area contributed by atoms with Crippen LogP contribution in [0.3, 0.4) is 0 Å². The predicted octanol–water partition coefficient (Wildman–Crippen LogP) is 0.244. The SMILES string of the molecule is NC(CS)C(=O)Oc1ccccn1. The van der Waals surface area contributed by atoms with Crippen LogP contribution in [0.4, 0.5) is 0 Å². The molecule has 0 saturated heterocycles. The summed E-state index contributed by atoms with van der Waals surface area (Å²) in [5.41, 5.74) is 5.39. The summed E-state index contributed by atoms with van der Waals surface area (Å²) in [5.74, 6) is -0.00972. The first-order valence-electron chi connectivity index (χ1n) is 3.73. The minimum atomic E-state index is -0.703. The molecule has 0 amide bonds. The highest BCUT2D eigenvalue weighted by molar-refractivity contribution is 7.80. The molecule has 1 unspecified atom stereocenters. The maximum absolute atomic E-state index is 11.1. The number of pyridine rings is 1. The molecule has 0 saturated carbocycles. The summed E-state index contributed by atoms with van der Waals surface area (Å²) in [6, 6.07) is 4.34. The Morgan fingerprint density at radius 1 is 1.69 bits per heavy atom. The van der Waals surface area contributed by atoms with Gasteiger partial charge in [0.15, 0.2) is 0 Å². The summed E-state index contributed by atoms with van der Waals surface area (Å²) in [6.45, 7) is 0. The molecule has 2 N–H and O–H groups in total. The van der Waals surface area contributed by atoms with Crippen molar-refractivity contribution in [3.63, 3.8) is 0 Å². The fourth-order valence-corrected chi connectivity index (χ4v) is 0.810. The average Bonchev–Trinajstić information content (AvgIpc) is 2.18. The van der Waals surface area contributed by atoms with Crippen molar-refractivity contribution in [1.29, 1.82) is 0 Å². The molecule has 5 heteroatoms. The van der Waals surface area contributed by atoms with Crippen molar-refractivity contribution in [2.75, 3.05) is 5.75 Å². The molecule has 0 spiro atoms. The van der Waals surface area contributed by atoms with E-state index in [1.54, 1.807) is 18.2 Å². The van der Waals surface area contributed by atoms with Crippen molar-refractivity contribution in [2.45, 2.75) is 6.04 Å². The van der Waals surface area contributed by atoms with E-state index < -0.39 is 12.0 Å². The van der Waals surface area contributed by atoms with Crippen LogP contribution in [-0.2, 0) is 4.79 Å². The van der Waals surface area contributed by atoms with Crippen LogP contribution in [0.15, 0.2) is 24.4 Å². The Bertz CT molecular complexity index is 279. The number of nitrogens with two attached hydrogens (primary N) is 1. The van der Waals surface area contributed by atoms with Gasteiger partial charge in [-0.25, -0.2) is 9.78 Å². The number of carbonyl (C=O) groups is 1. The van der Waals surface area contributed by atoms with Gasteiger partial charge in [0.1, 0.15) is 6.04 Å². The second-order valence-electron chi connectivity index (χ2n) is 2.38. The zero-order chi connectivity index (χ0) is 9.68. The fourth-order valence-electron chi connectivity index (χ4n) is 0.661. The number of nitrogens with zero attached hydrogens (tertiary/aromatic N) is 1. The highest BCUT2D eigenvalue weighted by Gasteiger charge is 2.13. The molecule has 0 radical (unpaired) electrons. The first-order chi connectivity index (χ1) is 6.24. The first kappa shape index (κ1) is 10.0. The number of carbonyl (C=O) groups excluding carboxylic acids is 1. The zero-order valence-electron chi connectivity index (χ0n) is 6.88. The number of esters is 1. The van der Waals surface area contributed by atoms with Gasteiger partial charge >= 0.3 is 5.97 Å². The lowest BCUT2D eigenvalue weighted by atomic mass is 10.4. The molecule has 13 heavy (non-hydrogen) atoms. The third-order valence-electron chi connectivity index (χ3n) is 1.34. The summed E-state index contributed by atoms with van der Waals surface area (Å²) in [7, 11) is 0. The Balaban J connectivity index is 2.55. The molecule has 0 aliphatic carbocycles. The Morgan fingerprint density at radius 3 is 3.00 bits per heavy atom. The van der Waals surface area contributed by atoms with Gasteiger partial charge in [-0.2, -0.15) is 12.6 Å². The van der Waals surface area contributed by atoms with E-state index >= 15 is 0 Å². The third kappa shape index (κ3) is 3.04. The van der Waals surface area contributed by atoms with E-state index in [4.69, 9.17) is 10.5 Å². The van der Waals surface area contributed by atoms with Gasteiger partial charge in [0.05, 0.1) is 0 Å². The van der Waals surface area contributed by atoms with Crippen LogP contribution in [0.25, 0.3) is 0 Å². The number of rotatable bonds is 3. The minimum Gasteiger partial charge on any atom is -0.406 e. The number of aromatic nitrogens is 1. The highest BCUT2D eigenvalue weighted by atomic mass is 32.1. The summed E-state index contributed by atoms with van der Waals surface area (Å²) in [5, 5.41) is 0. The molecular weight excluding hydrogens is 188 g/mol. The predicted molar refractivity (Wildman–Crippen MR) is 51.7 cm³/mol. The quantitative estimate of drug-likeness (QED) is 0.539. The summed E-state index contributed by atoms with van der Waals surface area (Å²) in [4.78, 5) is 14.9. The average molecular weight is 198 g/mol. The third-order valence-corrected chi connectivity index (χ3v) is 1.74. The summed E-state index contributed by atoms with van der Waals surface area (Å²) >= 11 is 3.88. The molecule has 1 aromatic heterocycles. The standard InChI is InChI=1S/C8H10N2O2S/c9-6(5-13)8(11)12-7-3-1-2-4-10-7/h1-4,6,13H,5,9H2. The largest absolute Gasteiger partial charge is 0.406 e. The lowest BCUT2D eigenvalue weighted by Crippen LogP contribution is -2.35. The fraction of sp³-hybridized carbons (Fsp3) is 0.250. The zero-order valence-corrected chi connectivity index (χ0v) is 7.78. The maximum atomic E-state index is 11.1. The molecule has 0 aliphatic rings. The van der Waals surface area contributed by atoms with E-state index in [9.17, 15) is 4.79 Å². The topological polar surface area (TPSA) is 65.2 Å². The van der Waals surface area contributed by atoms with E-state index in [0.29, 0.717) is 0 Å². The van der Waals surface area contributed by atoms with E-state index in [1.807, 2.05) is 0 Å². The van der Waals surface area contributed by atoms with Gasteiger partial charge in [0, 0.05) is 18.0 Å². The molecular formula is C8H10N2O2S. The van der Waals surface area contributed by atoms with Crippen molar-refractivity contribution in [1.82, 2.24) is 4.98 Å². The van der Waals surface area contributed by atoms with Crippen LogP contribution in [0, 0.1) is 0 Å². The van der Waals surface area contributed by atoms with Crippen LogP contribution in [0.2, 0.25) is 0 Å². The highest BCUT2D eigenvalue weighted by Crippen LogP contribution is 2.04. The van der Waals surface area contributed by atoms with E-state index in [2.05, 4.69) is 17.6 Å². The van der Waals surface area contributed by atoms with Gasteiger partial charge in [-0.1, -0.05) is 6.07 Å². The first-order valence-corrected chi connectivity index (χ1v) is 4.36. The molecule has 0 fully saturated rings. The minimum absolute atomic E-state index is 0.254. The van der Waals surface area contributed by atoms with Gasteiger partial charge < -0.3 is 10.5 Å². The van der Waals surface area contributed by atoms with Crippen LogP contribution >= 0.6 is 12.6 Å². The van der Waals surface area contributed by atoms with Gasteiger partial charge in [0.25, 0.3) is 0 Å². The van der Waals surface area contributed by atoms with Crippen LogP contribution in [0.1, 0.15) is 0 Å². The van der Waals surface area contributed by atoms with Crippen LogP contribution < -0.4 is 10.5 Å². The lowest BCUT2D eigenvalue weighted by molar-refractivity contribution is -0.135. The van der Waals surface area contributed by atoms with Crippen LogP contribution in [-0.4, -0.2) is 22.7 Å². The Labute approximate surface area is 81.5 Å².